The lowest BCUT2D eigenvalue weighted by atomic mass is 9.84. The highest BCUT2D eigenvalue weighted by atomic mass is 28.3. The summed E-state index contributed by atoms with van der Waals surface area (Å²) in [6.07, 6.45) is 0. The van der Waals surface area contributed by atoms with Crippen LogP contribution in [0.1, 0.15) is 26.3 Å². The molecule has 0 N–H and O–H groups in total. The summed E-state index contributed by atoms with van der Waals surface area (Å²) in [5.74, 6) is 0. The minimum atomic E-state index is -1.26. The van der Waals surface area contributed by atoms with E-state index in [0.29, 0.717) is 0 Å². The monoisotopic (exact) mass is 344 g/mol. The molecule has 0 saturated heterocycles. The average Bonchev–Trinajstić information content (AvgIpc) is 2.98. The molecule has 25 heavy (non-hydrogen) atoms. The SMILES string of the molecule is C[SiH](c1ccccc1)c1ccc2oc3ccccc3c2c1C(C)(C)C. The fourth-order valence-corrected chi connectivity index (χ4v) is 6.48. The number of furan rings is 1. The molecule has 4 rings (SSSR count). The highest BCUT2D eigenvalue weighted by Crippen LogP contribution is 2.36. The van der Waals surface area contributed by atoms with Crippen LogP contribution in [0.2, 0.25) is 6.55 Å². The molecule has 0 bridgehead atoms. The van der Waals surface area contributed by atoms with E-state index in [0.717, 1.165) is 11.2 Å². The Balaban J connectivity index is 2.06. The zero-order valence-corrected chi connectivity index (χ0v) is 16.5. The predicted octanol–water partition coefficient (Wildman–Crippen LogP) is 4.85. The molecule has 3 aromatic carbocycles. The number of para-hydroxylation sites is 1. The van der Waals surface area contributed by atoms with Gasteiger partial charge in [0.25, 0.3) is 0 Å². The van der Waals surface area contributed by atoms with Gasteiger partial charge in [0, 0.05) is 10.8 Å². The van der Waals surface area contributed by atoms with Gasteiger partial charge >= 0.3 is 0 Å². The summed E-state index contributed by atoms with van der Waals surface area (Å²) in [5, 5.41) is 5.55. The Morgan fingerprint density at radius 2 is 1.44 bits per heavy atom. The standard InChI is InChI=1S/C23H24OSi/c1-23(2,3)22-20(25(4)16-10-6-5-7-11-16)15-14-19-21(22)17-12-8-9-13-18(17)24-19/h5-15,25H,1-4H3. The van der Waals surface area contributed by atoms with Gasteiger partial charge in [0.2, 0.25) is 0 Å². The van der Waals surface area contributed by atoms with Crippen LogP contribution in [0.4, 0.5) is 0 Å². The van der Waals surface area contributed by atoms with Crippen LogP contribution in [0, 0.1) is 0 Å². The van der Waals surface area contributed by atoms with Crippen molar-refractivity contribution in [2.45, 2.75) is 32.7 Å². The Morgan fingerprint density at radius 3 is 2.16 bits per heavy atom. The van der Waals surface area contributed by atoms with Crippen LogP contribution in [0.25, 0.3) is 21.9 Å². The molecule has 0 amide bonds. The van der Waals surface area contributed by atoms with E-state index in [2.05, 4.69) is 88.0 Å². The molecule has 0 spiro atoms. The molecule has 0 aliphatic carbocycles. The second-order valence-corrected chi connectivity index (χ2v) is 10.6. The number of rotatable bonds is 2. The molecule has 126 valence electrons. The third kappa shape index (κ3) is 2.71. The largest absolute Gasteiger partial charge is 0.456 e. The zero-order valence-electron chi connectivity index (χ0n) is 15.3. The second-order valence-electron chi connectivity index (χ2n) is 7.88. The number of hydrogen-bond acceptors (Lipinski definition) is 1. The first-order valence-corrected chi connectivity index (χ1v) is 11.3. The summed E-state index contributed by atoms with van der Waals surface area (Å²) >= 11 is 0. The smallest absolute Gasteiger partial charge is 0.135 e. The lowest BCUT2D eigenvalue weighted by molar-refractivity contribution is 0.598. The van der Waals surface area contributed by atoms with Crippen molar-refractivity contribution in [3.05, 3.63) is 72.3 Å². The Kier molecular flexibility index (Phi) is 3.81. The van der Waals surface area contributed by atoms with E-state index in [1.165, 1.54) is 26.7 Å². The first-order valence-electron chi connectivity index (χ1n) is 8.96. The van der Waals surface area contributed by atoms with Gasteiger partial charge in [0.1, 0.15) is 20.0 Å². The normalized spacial score (nSPS) is 13.4. The Hall–Kier alpha value is -2.32. The van der Waals surface area contributed by atoms with Gasteiger partial charge in [-0.3, -0.25) is 0 Å². The molecule has 4 aromatic rings. The molecule has 1 nitrogen and oxygen atoms in total. The minimum absolute atomic E-state index is 0.0670. The van der Waals surface area contributed by atoms with E-state index in [1.807, 2.05) is 6.07 Å². The van der Waals surface area contributed by atoms with Crippen molar-refractivity contribution < 1.29 is 4.42 Å². The van der Waals surface area contributed by atoms with E-state index < -0.39 is 8.80 Å². The summed E-state index contributed by atoms with van der Waals surface area (Å²) in [7, 11) is -1.26. The molecule has 0 aliphatic rings. The maximum absolute atomic E-state index is 6.14. The van der Waals surface area contributed by atoms with E-state index in [4.69, 9.17) is 4.42 Å². The van der Waals surface area contributed by atoms with E-state index in [9.17, 15) is 0 Å². The van der Waals surface area contributed by atoms with Gasteiger partial charge in [-0.1, -0.05) is 92.3 Å². The molecule has 1 unspecified atom stereocenters. The molecule has 0 aliphatic heterocycles. The van der Waals surface area contributed by atoms with Crippen molar-refractivity contribution in [1.82, 2.24) is 0 Å². The molecule has 1 atom stereocenters. The topological polar surface area (TPSA) is 13.1 Å². The highest BCUT2D eigenvalue weighted by molar-refractivity contribution is 6.84. The maximum atomic E-state index is 6.14. The van der Waals surface area contributed by atoms with Crippen molar-refractivity contribution >= 4 is 41.1 Å². The summed E-state index contributed by atoms with van der Waals surface area (Å²) in [6, 6.07) is 23.9. The fraction of sp³-hybridized carbons (Fsp3) is 0.217. The van der Waals surface area contributed by atoms with Gasteiger partial charge in [-0.25, -0.2) is 0 Å². The first kappa shape index (κ1) is 16.2. The zero-order chi connectivity index (χ0) is 17.6. The van der Waals surface area contributed by atoms with Gasteiger partial charge in [-0.15, -0.1) is 0 Å². The van der Waals surface area contributed by atoms with Crippen LogP contribution < -0.4 is 10.4 Å². The molecule has 1 heterocycles. The molecule has 0 radical (unpaired) electrons. The molecule has 0 saturated carbocycles. The third-order valence-electron chi connectivity index (χ3n) is 5.09. The second kappa shape index (κ2) is 5.89. The fourth-order valence-electron chi connectivity index (χ4n) is 3.92. The van der Waals surface area contributed by atoms with Gasteiger partial charge < -0.3 is 4.42 Å². The molecule has 2 heteroatoms. The van der Waals surface area contributed by atoms with Gasteiger partial charge in [-0.2, -0.15) is 0 Å². The van der Waals surface area contributed by atoms with Crippen molar-refractivity contribution in [2.75, 3.05) is 0 Å². The predicted molar refractivity (Wildman–Crippen MR) is 111 cm³/mol. The Morgan fingerprint density at radius 1 is 0.760 bits per heavy atom. The summed E-state index contributed by atoms with van der Waals surface area (Å²) in [4.78, 5) is 0. The van der Waals surface area contributed by atoms with E-state index in [1.54, 1.807) is 0 Å². The van der Waals surface area contributed by atoms with E-state index in [-0.39, 0.29) is 5.41 Å². The maximum Gasteiger partial charge on any atom is 0.135 e. The van der Waals surface area contributed by atoms with Crippen molar-refractivity contribution in [2.24, 2.45) is 0 Å². The van der Waals surface area contributed by atoms with Gasteiger partial charge in [0.15, 0.2) is 0 Å². The van der Waals surface area contributed by atoms with Crippen LogP contribution in [0.3, 0.4) is 0 Å². The summed E-state index contributed by atoms with van der Waals surface area (Å²) in [6.45, 7) is 9.39. The third-order valence-corrected chi connectivity index (χ3v) is 7.89. The first-order chi connectivity index (χ1) is 12.0. The van der Waals surface area contributed by atoms with Gasteiger partial charge in [0.05, 0.1) is 0 Å². The molecule has 0 fully saturated rings. The van der Waals surface area contributed by atoms with Crippen molar-refractivity contribution in [1.29, 1.82) is 0 Å². The highest BCUT2D eigenvalue weighted by Gasteiger charge is 2.27. The lowest BCUT2D eigenvalue weighted by Gasteiger charge is -2.27. The van der Waals surface area contributed by atoms with Crippen LogP contribution in [-0.4, -0.2) is 8.80 Å². The van der Waals surface area contributed by atoms with Crippen LogP contribution in [0.15, 0.2) is 71.1 Å². The van der Waals surface area contributed by atoms with Crippen LogP contribution in [-0.2, 0) is 5.41 Å². The molecule has 1 aromatic heterocycles. The Labute approximate surface area is 150 Å². The molecular formula is C23H24OSi. The number of benzene rings is 3. The van der Waals surface area contributed by atoms with Crippen LogP contribution >= 0.6 is 0 Å². The summed E-state index contributed by atoms with van der Waals surface area (Å²) < 4.78 is 6.14. The number of hydrogen-bond donors (Lipinski definition) is 0. The summed E-state index contributed by atoms with van der Waals surface area (Å²) in [5.41, 5.74) is 3.51. The van der Waals surface area contributed by atoms with Crippen molar-refractivity contribution in [3.8, 4) is 0 Å². The van der Waals surface area contributed by atoms with Crippen LogP contribution in [0.5, 0.6) is 0 Å². The van der Waals surface area contributed by atoms with Gasteiger partial charge in [-0.05, 0) is 23.1 Å². The minimum Gasteiger partial charge on any atom is -0.456 e. The average molecular weight is 345 g/mol. The Bertz CT molecular complexity index is 1040. The number of fused-ring (bicyclic) bond motifs is 3. The van der Waals surface area contributed by atoms with E-state index >= 15 is 0 Å². The lowest BCUT2D eigenvalue weighted by Crippen LogP contribution is -2.43. The molecular weight excluding hydrogens is 320 g/mol. The quantitative estimate of drug-likeness (QED) is 0.474. The van der Waals surface area contributed by atoms with Crippen molar-refractivity contribution in [3.63, 3.8) is 0 Å².